The molecule has 10 heteroatoms. The molecule has 4 N–H and O–H groups in total. The molecule has 1 aromatic rings. The zero-order chi connectivity index (χ0) is 18.9. The molecule has 1 aliphatic carbocycles. The first-order valence-corrected chi connectivity index (χ1v) is 9.83. The van der Waals surface area contributed by atoms with Gasteiger partial charge in [0.25, 0.3) is 5.91 Å². The van der Waals surface area contributed by atoms with Gasteiger partial charge < -0.3 is 10.6 Å². The molecule has 1 saturated heterocycles. The monoisotopic (exact) mass is 380 g/mol. The molecule has 1 heterocycles. The van der Waals surface area contributed by atoms with Gasteiger partial charge in [0.05, 0.1) is 4.90 Å². The predicted octanol–water partition coefficient (Wildman–Crippen LogP) is 0.527. The summed E-state index contributed by atoms with van der Waals surface area (Å²) in [6, 6.07) is 4.72. The molecule has 0 radical (unpaired) electrons. The Morgan fingerprint density at radius 3 is 2.35 bits per heavy atom. The fraction of sp³-hybridized carbons (Fsp3) is 0.438. The maximum absolute atomic E-state index is 12.6. The van der Waals surface area contributed by atoms with E-state index in [-0.39, 0.29) is 10.8 Å². The number of primary sulfonamides is 1. The van der Waals surface area contributed by atoms with Crippen molar-refractivity contribution in [3.8, 4) is 0 Å². The number of nitrogens with zero attached hydrogens (tertiary/aromatic N) is 1. The molecule has 9 nitrogen and oxygen atoms in total. The summed E-state index contributed by atoms with van der Waals surface area (Å²) in [7, 11) is -3.82. The van der Waals surface area contributed by atoms with Crippen molar-refractivity contribution < 1.29 is 22.8 Å². The van der Waals surface area contributed by atoms with Crippen LogP contribution >= 0.6 is 0 Å². The Bertz CT molecular complexity index is 844. The molecule has 1 spiro atoms. The summed E-state index contributed by atoms with van der Waals surface area (Å²) in [5, 5.41) is 10.3. The summed E-state index contributed by atoms with van der Waals surface area (Å²) in [6.45, 7) is -0.399. The van der Waals surface area contributed by atoms with Gasteiger partial charge in [-0.25, -0.2) is 18.4 Å². The van der Waals surface area contributed by atoms with Crippen LogP contribution in [0.2, 0.25) is 0 Å². The van der Waals surface area contributed by atoms with E-state index in [2.05, 4.69) is 10.6 Å². The zero-order valence-electron chi connectivity index (χ0n) is 14.0. The van der Waals surface area contributed by atoms with Gasteiger partial charge in [-0.05, 0) is 37.1 Å². The maximum atomic E-state index is 12.6. The molecule has 2 aliphatic rings. The van der Waals surface area contributed by atoms with Crippen LogP contribution in [0.5, 0.6) is 0 Å². The van der Waals surface area contributed by atoms with Gasteiger partial charge in [-0.2, -0.15) is 0 Å². The first-order chi connectivity index (χ1) is 12.2. The first kappa shape index (κ1) is 18.3. The molecule has 26 heavy (non-hydrogen) atoms. The van der Waals surface area contributed by atoms with Gasteiger partial charge in [0.15, 0.2) is 0 Å². The van der Waals surface area contributed by atoms with Crippen molar-refractivity contribution in [2.45, 2.75) is 42.5 Å². The van der Waals surface area contributed by atoms with Crippen molar-refractivity contribution in [2.75, 3.05) is 11.9 Å². The molecule has 0 unspecified atom stereocenters. The van der Waals surface area contributed by atoms with Gasteiger partial charge in [0.2, 0.25) is 15.9 Å². The average molecular weight is 380 g/mol. The van der Waals surface area contributed by atoms with E-state index >= 15 is 0 Å². The third kappa shape index (κ3) is 3.56. The summed E-state index contributed by atoms with van der Waals surface area (Å²) >= 11 is 0. The van der Waals surface area contributed by atoms with Crippen LogP contribution in [0.3, 0.4) is 0 Å². The topological polar surface area (TPSA) is 139 Å². The number of amides is 4. The average Bonchev–Trinajstić information content (AvgIpc) is 2.79. The van der Waals surface area contributed by atoms with Crippen LogP contribution in [0.15, 0.2) is 29.2 Å². The number of carbonyl (C=O) groups is 3. The van der Waals surface area contributed by atoms with Crippen molar-refractivity contribution in [1.82, 2.24) is 10.2 Å². The van der Waals surface area contributed by atoms with Crippen LogP contribution in [0.1, 0.15) is 32.1 Å². The van der Waals surface area contributed by atoms with Crippen LogP contribution in [-0.2, 0) is 19.6 Å². The largest absolute Gasteiger partial charge is 0.325 e. The van der Waals surface area contributed by atoms with Gasteiger partial charge in [-0.15, -0.1) is 0 Å². The normalized spacial score (nSPS) is 19.5. The molecule has 0 bridgehead atoms. The standard InChI is InChI=1S/C16H20N4O5S/c17-26(24,25)12-6-4-11(5-7-12)18-13(21)10-20-14(22)16(19-15(20)23)8-2-1-3-9-16/h4-7H,1-3,8-10H2,(H,18,21)(H,19,23)(H2,17,24,25). The fourth-order valence-electron chi connectivity index (χ4n) is 3.39. The third-order valence-corrected chi connectivity index (χ3v) is 5.65. The minimum Gasteiger partial charge on any atom is -0.325 e. The molecular weight excluding hydrogens is 360 g/mol. The van der Waals surface area contributed by atoms with Crippen molar-refractivity contribution >= 4 is 33.6 Å². The lowest BCUT2D eigenvalue weighted by Crippen LogP contribution is -2.48. The summed E-state index contributed by atoms with van der Waals surface area (Å²) in [5.74, 6) is -0.911. The summed E-state index contributed by atoms with van der Waals surface area (Å²) in [4.78, 5) is 37.8. The number of urea groups is 1. The molecule has 3 rings (SSSR count). The van der Waals surface area contributed by atoms with Crippen molar-refractivity contribution in [3.05, 3.63) is 24.3 Å². The van der Waals surface area contributed by atoms with E-state index in [1.165, 1.54) is 24.3 Å². The third-order valence-electron chi connectivity index (χ3n) is 4.72. The van der Waals surface area contributed by atoms with Crippen molar-refractivity contribution in [1.29, 1.82) is 0 Å². The van der Waals surface area contributed by atoms with Crippen LogP contribution in [0.25, 0.3) is 0 Å². The molecule has 0 aromatic heterocycles. The quantitative estimate of drug-likeness (QED) is 0.654. The Morgan fingerprint density at radius 1 is 1.15 bits per heavy atom. The van der Waals surface area contributed by atoms with Crippen molar-refractivity contribution in [2.24, 2.45) is 5.14 Å². The van der Waals surface area contributed by atoms with E-state index in [0.717, 1.165) is 24.2 Å². The second-order valence-corrected chi connectivity index (χ2v) is 8.14. The highest BCUT2D eigenvalue weighted by Gasteiger charge is 2.51. The number of anilines is 1. The molecule has 1 aliphatic heterocycles. The Morgan fingerprint density at radius 2 is 1.77 bits per heavy atom. The Hall–Kier alpha value is -2.46. The SMILES string of the molecule is NS(=O)(=O)c1ccc(NC(=O)CN2C(=O)NC3(CCCCC3)C2=O)cc1. The predicted molar refractivity (Wildman–Crippen MR) is 92.5 cm³/mol. The van der Waals surface area contributed by atoms with Gasteiger partial charge in [0, 0.05) is 5.69 Å². The van der Waals surface area contributed by atoms with Crippen molar-refractivity contribution in [3.63, 3.8) is 0 Å². The van der Waals surface area contributed by atoms with Gasteiger partial charge >= 0.3 is 6.03 Å². The molecule has 140 valence electrons. The minimum atomic E-state index is -3.82. The second kappa shape index (κ2) is 6.69. The Kier molecular flexibility index (Phi) is 4.72. The van der Waals surface area contributed by atoms with E-state index in [0.29, 0.717) is 18.5 Å². The van der Waals surface area contributed by atoms with Gasteiger partial charge in [-0.3, -0.25) is 14.5 Å². The first-order valence-electron chi connectivity index (χ1n) is 8.28. The van der Waals surface area contributed by atoms with Crippen LogP contribution in [-0.4, -0.2) is 43.2 Å². The highest BCUT2D eigenvalue weighted by Crippen LogP contribution is 2.33. The molecule has 4 amide bonds. The number of imide groups is 1. The van der Waals surface area contributed by atoms with E-state index in [4.69, 9.17) is 5.14 Å². The lowest BCUT2D eigenvalue weighted by atomic mass is 9.82. The smallest absolute Gasteiger partial charge is 0.325 e. The fourth-order valence-corrected chi connectivity index (χ4v) is 3.90. The van der Waals surface area contributed by atoms with E-state index in [9.17, 15) is 22.8 Å². The number of carbonyl (C=O) groups excluding carboxylic acids is 3. The highest BCUT2D eigenvalue weighted by atomic mass is 32.2. The zero-order valence-corrected chi connectivity index (χ0v) is 14.8. The Balaban J connectivity index is 1.64. The van der Waals surface area contributed by atoms with Crippen LogP contribution in [0.4, 0.5) is 10.5 Å². The number of hydrogen-bond donors (Lipinski definition) is 3. The summed E-state index contributed by atoms with van der Waals surface area (Å²) < 4.78 is 22.4. The summed E-state index contributed by atoms with van der Waals surface area (Å²) in [5.41, 5.74) is -0.533. The van der Waals surface area contributed by atoms with E-state index in [1.807, 2.05) is 0 Å². The number of nitrogens with one attached hydrogen (secondary N) is 2. The molecule has 0 atom stereocenters. The van der Waals surface area contributed by atoms with Crippen LogP contribution in [0, 0.1) is 0 Å². The highest BCUT2D eigenvalue weighted by molar-refractivity contribution is 7.89. The number of benzene rings is 1. The number of nitrogens with two attached hydrogens (primary N) is 1. The minimum absolute atomic E-state index is 0.0798. The number of rotatable bonds is 4. The second-order valence-electron chi connectivity index (χ2n) is 6.58. The van der Waals surface area contributed by atoms with E-state index in [1.54, 1.807) is 0 Å². The lowest BCUT2D eigenvalue weighted by Gasteiger charge is -2.30. The number of sulfonamides is 1. The van der Waals surface area contributed by atoms with Crippen LogP contribution < -0.4 is 15.8 Å². The number of hydrogen-bond acceptors (Lipinski definition) is 5. The van der Waals surface area contributed by atoms with Gasteiger partial charge in [-0.1, -0.05) is 19.3 Å². The molecular formula is C16H20N4O5S. The Labute approximate surface area is 151 Å². The summed E-state index contributed by atoms with van der Waals surface area (Å²) in [6.07, 6.45) is 3.93. The van der Waals surface area contributed by atoms with Gasteiger partial charge in [0.1, 0.15) is 12.1 Å². The molecule has 1 saturated carbocycles. The molecule has 1 aromatic carbocycles. The lowest BCUT2D eigenvalue weighted by molar-refractivity contribution is -0.134. The van der Waals surface area contributed by atoms with E-state index < -0.39 is 34.0 Å². The molecule has 2 fully saturated rings. The maximum Gasteiger partial charge on any atom is 0.325 e.